The number of halogens is 1. The largest absolute Gasteiger partial charge is 0.444 e. The summed E-state index contributed by atoms with van der Waals surface area (Å²) in [6.45, 7) is 10.4. The van der Waals surface area contributed by atoms with E-state index in [9.17, 15) is 19.5 Å². The molecule has 0 fully saturated rings. The predicted molar refractivity (Wildman–Crippen MR) is 146 cm³/mol. The summed E-state index contributed by atoms with van der Waals surface area (Å²) in [5, 5.41) is 15.7. The van der Waals surface area contributed by atoms with Crippen LogP contribution in [0, 0.1) is 13.8 Å². The number of carbonyl (C=O) groups is 3. The van der Waals surface area contributed by atoms with E-state index in [0.717, 1.165) is 17.5 Å². The molecule has 0 radical (unpaired) electrons. The maximum Gasteiger partial charge on any atom is 0.408 e. The molecule has 0 aliphatic rings. The van der Waals surface area contributed by atoms with Crippen LogP contribution in [-0.2, 0) is 14.3 Å². The second-order valence-corrected chi connectivity index (χ2v) is 10.4. The SMILES string of the molecule is CCCCN(C(=O)C(CO)NC(=O)OC(C)(C)C)C(C(=O)Nc1c(C)cccc1Cl)c1cccc(C)c1. The standard InChI is InChI=1S/C28H38ClN3O5/c1-7-8-15-32(26(35)22(17-33)30-27(36)37-28(4,5)6)24(20-13-9-11-18(2)16-20)25(34)31-23-19(3)12-10-14-21(23)29/h9-14,16,22,24,33H,7-8,15,17H2,1-6H3,(H,30,36)(H,31,34). The van der Waals surface area contributed by atoms with Gasteiger partial charge in [0, 0.05) is 6.54 Å². The van der Waals surface area contributed by atoms with Gasteiger partial charge in [0.15, 0.2) is 0 Å². The number of aryl methyl sites for hydroxylation is 2. The highest BCUT2D eigenvalue weighted by molar-refractivity contribution is 6.34. The molecule has 37 heavy (non-hydrogen) atoms. The predicted octanol–water partition coefficient (Wildman–Crippen LogP) is 5.15. The molecule has 2 aromatic rings. The molecular weight excluding hydrogens is 494 g/mol. The van der Waals surface area contributed by atoms with E-state index in [0.29, 0.717) is 22.7 Å². The number of alkyl carbamates (subject to hydrolysis) is 1. The van der Waals surface area contributed by atoms with Crippen LogP contribution >= 0.6 is 11.6 Å². The Morgan fingerprint density at radius 1 is 1.11 bits per heavy atom. The molecule has 2 atom stereocenters. The van der Waals surface area contributed by atoms with Crippen LogP contribution in [0.15, 0.2) is 42.5 Å². The molecule has 0 bridgehead atoms. The van der Waals surface area contributed by atoms with Gasteiger partial charge >= 0.3 is 6.09 Å². The Hall–Kier alpha value is -3.10. The summed E-state index contributed by atoms with van der Waals surface area (Å²) in [5.74, 6) is -1.06. The molecule has 0 heterocycles. The third-order valence-electron chi connectivity index (χ3n) is 5.60. The molecule has 2 rings (SSSR count). The molecule has 2 unspecified atom stereocenters. The quantitative estimate of drug-likeness (QED) is 0.393. The minimum atomic E-state index is -1.30. The number of rotatable bonds is 10. The van der Waals surface area contributed by atoms with Gasteiger partial charge in [-0.05, 0) is 58.2 Å². The van der Waals surface area contributed by atoms with Crippen molar-refractivity contribution in [1.82, 2.24) is 10.2 Å². The van der Waals surface area contributed by atoms with Crippen LogP contribution in [0.1, 0.15) is 63.3 Å². The Labute approximate surface area is 224 Å². The minimum absolute atomic E-state index is 0.232. The molecule has 0 aliphatic heterocycles. The van der Waals surface area contributed by atoms with Crippen molar-refractivity contribution in [3.05, 3.63) is 64.2 Å². The molecule has 9 heteroatoms. The molecule has 3 amide bonds. The maximum atomic E-state index is 13.8. The summed E-state index contributed by atoms with van der Waals surface area (Å²) in [6, 6.07) is 10.3. The summed E-state index contributed by atoms with van der Waals surface area (Å²) in [7, 11) is 0. The minimum Gasteiger partial charge on any atom is -0.444 e. The molecule has 0 saturated heterocycles. The van der Waals surface area contributed by atoms with Crippen LogP contribution in [0.2, 0.25) is 5.02 Å². The van der Waals surface area contributed by atoms with Gasteiger partial charge in [-0.15, -0.1) is 0 Å². The summed E-state index contributed by atoms with van der Waals surface area (Å²) in [4.78, 5) is 41.4. The highest BCUT2D eigenvalue weighted by Crippen LogP contribution is 2.30. The Morgan fingerprint density at radius 2 is 1.78 bits per heavy atom. The lowest BCUT2D eigenvalue weighted by Crippen LogP contribution is -2.54. The lowest BCUT2D eigenvalue weighted by Gasteiger charge is -2.34. The van der Waals surface area contributed by atoms with Gasteiger partial charge in [0.25, 0.3) is 5.91 Å². The first-order valence-electron chi connectivity index (χ1n) is 12.4. The number of nitrogens with one attached hydrogen (secondary N) is 2. The molecule has 3 N–H and O–H groups in total. The van der Waals surface area contributed by atoms with E-state index in [2.05, 4.69) is 10.6 Å². The average molecular weight is 532 g/mol. The van der Waals surface area contributed by atoms with Gasteiger partial charge < -0.3 is 25.4 Å². The van der Waals surface area contributed by atoms with Crippen LogP contribution in [0.25, 0.3) is 0 Å². The Kier molecular flexibility index (Phi) is 10.9. The fourth-order valence-electron chi connectivity index (χ4n) is 3.83. The van der Waals surface area contributed by atoms with Gasteiger partial charge in [-0.3, -0.25) is 9.59 Å². The van der Waals surface area contributed by atoms with Crippen molar-refractivity contribution in [2.45, 2.75) is 72.1 Å². The van der Waals surface area contributed by atoms with Crippen molar-refractivity contribution in [1.29, 1.82) is 0 Å². The smallest absolute Gasteiger partial charge is 0.408 e. The lowest BCUT2D eigenvalue weighted by molar-refractivity contribution is -0.141. The summed E-state index contributed by atoms with van der Waals surface area (Å²) >= 11 is 6.37. The highest BCUT2D eigenvalue weighted by atomic mass is 35.5. The van der Waals surface area contributed by atoms with E-state index in [4.69, 9.17) is 16.3 Å². The van der Waals surface area contributed by atoms with Crippen molar-refractivity contribution in [3.8, 4) is 0 Å². The second kappa shape index (κ2) is 13.4. The zero-order valence-corrected chi connectivity index (χ0v) is 23.2. The number of unbranched alkanes of at least 4 members (excludes halogenated alkanes) is 1. The van der Waals surface area contributed by atoms with E-state index in [1.54, 1.807) is 39.0 Å². The van der Waals surface area contributed by atoms with Crippen LogP contribution in [0.3, 0.4) is 0 Å². The molecule has 0 aromatic heterocycles. The first kappa shape index (κ1) is 30.1. The number of aliphatic hydroxyl groups excluding tert-OH is 1. The number of hydrogen-bond donors (Lipinski definition) is 3. The number of para-hydroxylation sites is 1. The van der Waals surface area contributed by atoms with Crippen molar-refractivity contribution in [2.24, 2.45) is 0 Å². The monoisotopic (exact) mass is 531 g/mol. The number of anilines is 1. The number of carbonyl (C=O) groups excluding carboxylic acids is 3. The van der Waals surface area contributed by atoms with Crippen molar-refractivity contribution in [2.75, 3.05) is 18.5 Å². The first-order chi connectivity index (χ1) is 17.4. The van der Waals surface area contributed by atoms with Gasteiger partial charge in [0.1, 0.15) is 17.7 Å². The molecule has 0 aliphatic carbocycles. The Morgan fingerprint density at radius 3 is 2.35 bits per heavy atom. The molecular formula is C28H38ClN3O5. The van der Waals surface area contributed by atoms with Gasteiger partial charge in [0.2, 0.25) is 5.91 Å². The topological polar surface area (TPSA) is 108 Å². The van der Waals surface area contributed by atoms with Crippen LogP contribution in [0.5, 0.6) is 0 Å². The lowest BCUT2D eigenvalue weighted by atomic mass is 10.00. The molecule has 8 nitrogen and oxygen atoms in total. The number of benzene rings is 2. The normalized spacial score (nSPS) is 12.9. The number of nitrogens with zero attached hydrogens (tertiary/aromatic N) is 1. The van der Waals surface area contributed by atoms with E-state index in [1.165, 1.54) is 4.90 Å². The number of amides is 3. The van der Waals surface area contributed by atoms with Crippen molar-refractivity contribution >= 4 is 35.2 Å². The Balaban J connectivity index is 2.51. The zero-order valence-electron chi connectivity index (χ0n) is 22.4. The fourth-order valence-corrected chi connectivity index (χ4v) is 4.09. The number of aliphatic hydroxyl groups is 1. The van der Waals surface area contributed by atoms with E-state index in [1.807, 2.05) is 45.0 Å². The number of ether oxygens (including phenoxy) is 1. The van der Waals surface area contributed by atoms with Gasteiger partial charge in [-0.25, -0.2) is 4.79 Å². The highest BCUT2D eigenvalue weighted by Gasteiger charge is 2.36. The van der Waals surface area contributed by atoms with Gasteiger partial charge in [-0.2, -0.15) is 0 Å². The summed E-state index contributed by atoms with van der Waals surface area (Å²) < 4.78 is 5.27. The molecule has 2 aromatic carbocycles. The second-order valence-electron chi connectivity index (χ2n) is 10.0. The van der Waals surface area contributed by atoms with Crippen molar-refractivity contribution < 1.29 is 24.2 Å². The van der Waals surface area contributed by atoms with Gasteiger partial charge in [0.05, 0.1) is 17.3 Å². The van der Waals surface area contributed by atoms with Crippen LogP contribution in [-0.4, -0.2) is 52.7 Å². The van der Waals surface area contributed by atoms with Crippen molar-refractivity contribution in [3.63, 3.8) is 0 Å². The fraction of sp³-hybridized carbons (Fsp3) is 0.464. The Bertz CT molecular complexity index is 1080. The van der Waals surface area contributed by atoms with Crippen LogP contribution in [0.4, 0.5) is 10.5 Å². The van der Waals surface area contributed by atoms with E-state index < -0.39 is 42.2 Å². The van der Waals surface area contributed by atoms with E-state index >= 15 is 0 Å². The summed E-state index contributed by atoms with van der Waals surface area (Å²) in [6.07, 6.45) is 0.536. The average Bonchev–Trinajstić information content (AvgIpc) is 2.81. The van der Waals surface area contributed by atoms with Crippen LogP contribution < -0.4 is 10.6 Å². The zero-order chi connectivity index (χ0) is 27.8. The summed E-state index contributed by atoms with van der Waals surface area (Å²) in [5.41, 5.74) is 1.96. The molecule has 202 valence electrons. The molecule has 0 saturated carbocycles. The van der Waals surface area contributed by atoms with E-state index in [-0.39, 0.29) is 6.54 Å². The maximum absolute atomic E-state index is 13.8. The van der Waals surface area contributed by atoms with Gasteiger partial charge in [-0.1, -0.05) is 66.9 Å². The molecule has 0 spiro atoms. The first-order valence-corrected chi connectivity index (χ1v) is 12.8. The number of hydrogen-bond acceptors (Lipinski definition) is 5. The third kappa shape index (κ3) is 8.76. The third-order valence-corrected chi connectivity index (χ3v) is 5.91.